The highest BCUT2D eigenvalue weighted by Gasteiger charge is 2.35. The summed E-state index contributed by atoms with van der Waals surface area (Å²) in [6.07, 6.45) is 0.849. The molecule has 0 aliphatic carbocycles. The van der Waals surface area contributed by atoms with E-state index in [1.807, 2.05) is 48.7 Å². The molecule has 0 saturated heterocycles. The molecule has 2 unspecified atom stereocenters. The van der Waals surface area contributed by atoms with Crippen LogP contribution in [-0.4, -0.2) is 20.5 Å². The zero-order valence-corrected chi connectivity index (χ0v) is 14.7. The van der Waals surface area contributed by atoms with Gasteiger partial charge in [0.15, 0.2) is 6.04 Å². The van der Waals surface area contributed by atoms with E-state index >= 15 is 0 Å². The normalized spacial score (nSPS) is 18.4. The van der Waals surface area contributed by atoms with Gasteiger partial charge in [0.2, 0.25) is 0 Å². The molecule has 0 radical (unpaired) electrons. The summed E-state index contributed by atoms with van der Waals surface area (Å²) in [5, 5.41) is 21.2. The smallest absolute Gasteiger partial charge is 0.162 e. The molecule has 5 nitrogen and oxygen atoms in total. The Bertz CT molecular complexity index is 797. The number of nitriles is 1. The van der Waals surface area contributed by atoms with Crippen molar-refractivity contribution in [3.05, 3.63) is 52.8 Å². The van der Waals surface area contributed by atoms with Gasteiger partial charge in [-0.1, -0.05) is 30.3 Å². The molecule has 0 bridgehead atoms. The fourth-order valence-electron chi connectivity index (χ4n) is 3.53. The quantitative estimate of drug-likeness (QED) is 0.858. The molecule has 0 N–H and O–H groups in total. The zero-order chi connectivity index (χ0) is 17.3. The third kappa shape index (κ3) is 2.69. The van der Waals surface area contributed by atoms with E-state index in [1.54, 1.807) is 0 Å². The minimum atomic E-state index is -0.423. The van der Waals surface area contributed by atoms with Crippen molar-refractivity contribution >= 4 is 5.71 Å². The van der Waals surface area contributed by atoms with Gasteiger partial charge in [-0.2, -0.15) is 15.5 Å². The average Bonchev–Trinajstić information content (AvgIpc) is 3.11. The van der Waals surface area contributed by atoms with E-state index < -0.39 is 6.04 Å². The highest BCUT2D eigenvalue weighted by atomic mass is 15.5. The van der Waals surface area contributed by atoms with Crippen molar-refractivity contribution in [2.45, 2.75) is 52.7 Å². The molecular formula is C19H23N5. The Kier molecular flexibility index (Phi) is 4.39. The Hall–Kier alpha value is -2.61. The Labute approximate surface area is 143 Å². The van der Waals surface area contributed by atoms with Crippen LogP contribution in [0.25, 0.3) is 0 Å². The minimum absolute atomic E-state index is 0.0969. The molecule has 0 fully saturated rings. The van der Waals surface area contributed by atoms with Crippen LogP contribution in [0.5, 0.6) is 0 Å². The summed E-state index contributed by atoms with van der Waals surface area (Å²) in [6, 6.07) is 12.4. The SMILES string of the molecule is CCn1nc(C)c(C(C#N)N2N=C(C)CC2c2ccccc2)c1C. The predicted molar refractivity (Wildman–Crippen MR) is 94.5 cm³/mol. The summed E-state index contributed by atoms with van der Waals surface area (Å²) in [6.45, 7) is 8.90. The molecule has 24 heavy (non-hydrogen) atoms. The first-order valence-corrected chi connectivity index (χ1v) is 8.37. The Balaban J connectivity index is 2.04. The average molecular weight is 321 g/mol. The molecule has 3 rings (SSSR count). The number of hydrogen-bond acceptors (Lipinski definition) is 4. The van der Waals surface area contributed by atoms with Gasteiger partial charge in [-0.25, -0.2) is 0 Å². The summed E-state index contributed by atoms with van der Waals surface area (Å²) in [7, 11) is 0. The number of aromatic nitrogens is 2. The van der Waals surface area contributed by atoms with Gasteiger partial charge in [0.25, 0.3) is 0 Å². The van der Waals surface area contributed by atoms with Crippen molar-refractivity contribution in [2.24, 2.45) is 5.10 Å². The highest BCUT2D eigenvalue weighted by molar-refractivity contribution is 5.84. The lowest BCUT2D eigenvalue weighted by molar-refractivity contribution is 0.195. The maximum absolute atomic E-state index is 9.92. The topological polar surface area (TPSA) is 57.2 Å². The fraction of sp³-hybridized carbons (Fsp3) is 0.421. The predicted octanol–water partition coefficient (Wildman–Crippen LogP) is 3.91. The number of hydrogen-bond donors (Lipinski definition) is 0. The van der Waals surface area contributed by atoms with Gasteiger partial charge in [0, 0.05) is 29.9 Å². The van der Waals surface area contributed by atoms with Crippen molar-refractivity contribution in [3.63, 3.8) is 0 Å². The van der Waals surface area contributed by atoms with E-state index in [1.165, 1.54) is 5.56 Å². The molecule has 1 aromatic carbocycles. The maximum atomic E-state index is 9.92. The van der Waals surface area contributed by atoms with E-state index in [4.69, 9.17) is 5.10 Å². The summed E-state index contributed by atoms with van der Waals surface area (Å²) in [5.74, 6) is 0. The molecular weight excluding hydrogens is 298 g/mol. The van der Waals surface area contributed by atoms with E-state index in [9.17, 15) is 5.26 Å². The second-order valence-electron chi connectivity index (χ2n) is 6.28. The van der Waals surface area contributed by atoms with E-state index in [0.717, 1.165) is 35.6 Å². The van der Waals surface area contributed by atoms with E-state index in [0.29, 0.717) is 0 Å². The molecule has 5 heteroatoms. The number of rotatable bonds is 4. The third-order valence-corrected chi connectivity index (χ3v) is 4.68. The summed E-state index contributed by atoms with van der Waals surface area (Å²) in [4.78, 5) is 0. The van der Waals surface area contributed by atoms with Gasteiger partial charge >= 0.3 is 0 Å². The molecule has 0 spiro atoms. The Morgan fingerprint density at radius 2 is 1.96 bits per heavy atom. The van der Waals surface area contributed by atoms with Crippen molar-refractivity contribution in [1.29, 1.82) is 5.26 Å². The van der Waals surface area contributed by atoms with Gasteiger partial charge in [-0.15, -0.1) is 0 Å². The van der Waals surface area contributed by atoms with Crippen LogP contribution in [0.15, 0.2) is 35.4 Å². The number of benzene rings is 1. The lowest BCUT2D eigenvalue weighted by atomic mass is 9.98. The van der Waals surface area contributed by atoms with Crippen molar-refractivity contribution < 1.29 is 0 Å². The molecule has 124 valence electrons. The monoisotopic (exact) mass is 321 g/mol. The van der Waals surface area contributed by atoms with Crippen LogP contribution in [-0.2, 0) is 6.54 Å². The second kappa shape index (κ2) is 6.48. The van der Waals surface area contributed by atoms with Crippen LogP contribution in [0.3, 0.4) is 0 Å². The number of nitrogens with zero attached hydrogens (tertiary/aromatic N) is 5. The van der Waals surface area contributed by atoms with Crippen molar-refractivity contribution in [2.75, 3.05) is 0 Å². The molecule has 2 aromatic rings. The minimum Gasteiger partial charge on any atom is -0.269 e. The van der Waals surface area contributed by atoms with Crippen LogP contribution in [0, 0.1) is 25.2 Å². The summed E-state index contributed by atoms with van der Waals surface area (Å²) >= 11 is 0. The number of aryl methyl sites for hydroxylation is 2. The molecule has 1 aromatic heterocycles. The molecule has 1 aliphatic rings. The van der Waals surface area contributed by atoms with Crippen LogP contribution in [0.2, 0.25) is 0 Å². The molecule has 2 heterocycles. The zero-order valence-electron chi connectivity index (χ0n) is 14.7. The maximum Gasteiger partial charge on any atom is 0.162 e. The molecule has 0 saturated carbocycles. The van der Waals surface area contributed by atoms with Gasteiger partial charge in [0.1, 0.15) is 0 Å². The third-order valence-electron chi connectivity index (χ3n) is 4.68. The summed E-state index contributed by atoms with van der Waals surface area (Å²) in [5.41, 5.74) is 5.19. The molecule has 1 aliphatic heterocycles. The van der Waals surface area contributed by atoms with Crippen LogP contribution >= 0.6 is 0 Å². The standard InChI is InChI=1S/C19H23N5/c1-5-23-15(4)19(14(3)22-23)18(12-20)24-17(11-13(2)21-24)16-9-7-6-8-10-16/h6-10,17-18H,5,11H2,1-4H3. The summed E-state index contributed by atoms with van der Waals surface area (Å²) < 4.78 is 1.96. The van der Waals surface area contributed by atoms with Gasteiger partial charge in [0.05, 0.1) is 17.8 Å². The van der Waals surface area contributed by atoms with E-state index in [-0.39, 0.29) is 6.04 Å². The molecule has 0 amide bonds. The lowest BCUT2D eigenvalue weighted by Crippen LogP contribution is -2.25. The number of hydrazone groups is 1. The van der Waals surface area contributed by atoms with Crippen LogP contribution in [0.1, 0.15) is 54.9 Å². The van der Waals surface area contributed by atoms with Crippen LogP contribution < -0.4 is 0 Å². The van der Waals surface area contributed by atoms with Gasteiger partial charge in [-0.3, -0.25) is 9.69 Å². The van der Waals surface area contributed by atoms with Crippen LogP contribution in [0.4, 0.5) is 0 Å². The lowest BCUT2D eigenvalue weighted by Gasteiger charge is -2.28. The fourth-order valence-corrected chi connectivity index (χ4v) is 3.53. The second-order valence-corrected chi connectivity index (χ2v) is 6.28. The first kappa shape index (κ1) is 16.3. The first-order chi connectivity index (χ1) is 11.6. The Morgan fingerprint density at radius 3 is 2.54 bits per heavy atom. The molecule has 2 atom stereocenters. The van der Waals surface area contributed by atoms with Crippen molar-refractivity contribution in [1.82, 2.24) is 14.8 Å². The van der Waals surface area contributed by atoms with E-state index in [2.05, 4.69) is 30.2 Å². The largest absolute Gasteiger partial charge is 0.269 e. The van der Waals surface area contributed by atoms with Crippen molar-refractivity contribution in [3.8, 4) is 6.07 Å². The Morgan fingerprint density at radius 1 is 1.25 bits per heavy atom. The first-order valence-electron chi connectivity index (χ1n) is 8.37. The van der Waals surface area contributed by atoms with Gasteiger partial charge < -0.3 is 0 Å². The highest BCUT2D eigenvalue weighted by Crippen LogP contribution is 2.39. The van der Waals surface area contributed by atoms with Gasteiger partial charge in [-0.05, 0) is 33.3 Å².